The lowest BCUT2D eigenvalue weighted by molar-refractivity contribution is -0.284. The molecule has 1 saturated carbocycles. The number of nitrogens with zero attached hydrogens (tertiary/aromatic N) is 1. The van der Waals surface area contributed by atoms with Gasteiger partial charge in [0.15, 0.2) is 4.47 Å². The first-order valence-corrected chi connectivity index (χ1v) is 7.78. The Hall–Kier alpha value is -1.18. The molecule has 1 fully saturated rings. The van der Waals surface area contributed by atoms with Gasteiger partial charge in [0.1, 0.15) is 6.29 Å². The summed E-state index contributed by atoms with van der Waals surface area (Å²) in [5.74, 6) is 0. The Labute approximate surface area is 132 Å². The maximum Gasteiger partial charge on any atom is 0.397 e. The summed E-state index contributed by atoms with van der Waals surface area (Å²) < 4.78 is 40.9. The second-order valence-corrected chi connectivity index (χ2v) is 7.06. The lowest BCUT2D eigenvalue weighted by Crippen LogP contribution is -2.48. The normalized spacial score (nSPS) is 19.0. The minimum atomic E-state index is -4.52. The van der Waals surface area contributed by atoms with Gasteiger partial charge in [-0.25, -0.2) is 4.98 Å². The highest BCUT2D eigenvalue weighted by Crippen LogP contribution is 2.60. The zero-order valence-electron chi connectivity index (χ0n) is 11.2. The van der Waals surface area contributed by atoms with Gasteiger partial charge in [-0.15, -0.1) is 11.3 Å². The number of carbonyl (C=O) groups excluding carboxylic acids is 1. The van der Waals surface area contributed by atoms with Gasteiger partial charge in [0.25, 0.3) is 0 Å². The molecule has 1 aromatic carbocycles. The van der Waals surface area contributed by atoms with Gasteiger partial charge in [0.05, 0.1) is 21.7 Å². The fourth-order valence-corrected chi connectivity index (χ4v) is 4.00. The molecule has 22 heavy (non-hydrogen) atoms. The van der Waals surface area contributed by atoms with Gasteiger partial charge in [-0.3, -0.25) is 4.79 Å². The number of aldehydes is 1. The molecule has 0 spiro atoms. The molecule has 3 nitrogen and oxygen atoms in total. The van der Waals surface area contributed by atoms with Crippen molar-refractivity contribution in [3.63, 3.8) is 0 Å². The number of benzene rings is 1. The maximum absolute atomic E-state index is 13.4. The van der Waals surface area contributed by atoms with Crippen molar-refractivity contribution in [2.45, 2.75) is 31.5 Å². The lowest BCUT2D eigenvalue weighted by atomic mass is 9.63. The third kappa shape index (κ3) is 2.23. The fraction of sp³-hybridized carbons (Fsp3) is 0.429. The molecule has 0 bridgehead atoms. The molecular weight excluding hydrogens is 339 g/mol. The van der Waals surface area contributed by atoms with Gasteiger partial charge in [-0.1, -0.05) is 18.0 Å². The Morgan fingerprint density at radius 3 is 2.59 bits per heavy atom. The Morgan fingerprint density at radius 1 is 1.41 bits per heavy atom. The molecule has 1 aliphatic carbocycles. The van der Waals surface area contributed by atoms with Crippen molar-refractivity contribution >= 4 is 39.4 Å². The van der Waals surface area contributed by atoms with E-state index in [9.17, 15) is 23.1 Å². The number of aromatic nitrogens is 1. The van der Waals surface area contributed by atoms with E-state index in [0.717, 1.165) is 11.3 Å². The van der Waals surface area contributed by atoms with Gasteiger partial charge >= 0.3 is 6.18 Å². The van der Waals surface area contributed by atoms with Crippen molar-refractivity contribution in [2.24, 2.45) is 5.41 Å². The fourth-order valence-electron chi connectivity index (χ4n) is 2.89. The second-order valence-electron chi connectivity index (χ2n) is 5.45. The van der Waals surface area contributed by atoms with E-state index < -0.39 is 17.7 Å². The Balaban J connectivity index is 2.18. The number of fused-ring (bicyclic) bond motifs is 1. The number of aliphatic hydroxyl groups excluding tert-OH is 1. The lowest BCUT2D eigenvalue weighted by Gasteiger charge is -2.46. The molecule has 1 heterocycles. The smallest absolute Gasteiger partial charge is 0.387 e. The van der Waals surface area contributed by atoms with Crippen molar-refractivity contribution in [3.05, 3.63) is 27.7 Å². The number of hydrogen-bond donors (Lipinski definition) is 1. The Bertz CT molecular complexity index is 739. The zero-order chi connectivity index (χ0) is 16.1. The van der Waals surface area contributed by atoms with Crippen LogP contribution in [0.15, 0.2) is 12.1 Å². The molecule has 1 aliphatic rings. The van der Waals surface area contributed by atoms with Crippen LogP contribution in [0, 0.1) is 5.41 Å². The highest BCUT2D eigenvalue weighted by atomic mass is 35.5. The summed E-state index contributed by atoms with van der Waals surface area (Å²) in [6.45, 7) is 0. The average molecular weight is 350 g/mol. The van der Waals surface area contributed by atoms with Gasteiger partial charge in [-0.2, -0.15) is 13.2 Å². The van der Waals surface area contributed by atoms with Crippen molar-refractivity contribution in [3.8, 4) is 0 Å². The standard InChI is InChI=1S/C14H11ClF3NO2S/c15-12-19-10-8(4-7(6-20)5-9(10)22-12)11(21)13(2-1-3-13)14(16,17)18/h4-6,11,21H,1-3H2. The topological polar surface area (TPSA) is 50.2 Å². The van der Waals surface area contributed by atoms with Crippen molar-refractivity contribution < 1.29 is 23.1 Å². The van der Waals surface area contributed by atoms with Crippen LogP contribution >= 0.6 is 22.9 Å². The minimum Gasteiger partial charge on any atom is -0.387 e. The van der Waals surface area contributed by atoms with E-state index in [-0.39, 0.29) is 34.0 Å². The molecule has 1 unspecified atom stereocenters. The Morgan fingerprint density at radius 2 is 2.09 bits per heavy atom. The van der Waals surface area contributed by atoms with E-state index in [1.54, 1.807) is 0 Å². The van der Waals surface area contributed by atoms with Crippen molar-refractivity contribution in [2.75, 3.05) is 0 Å². The van der Waals surface area contributed by atoms with Crippen LogP contribution in [0.2, 0.25) is 4.47 Å². The first kappa shape index (κ1) is 15.7. The highest BCUT2D eigenvalue weighted by Gasteiger charge is 2.62. The number of halogens is 4. The van der Waals surface area contributed by atoms with E-state index in [2.05, 4.69) is 4.98 Å². The summed E-state index contributed by atoms with van der Waals surface area (Å²) >= 11 is 6.88. The summed E-state index contributed by atoms with van der Waals surface area (Å²) in [4.78, 5) is 15.0. The predicted octanol–water partition coefficient (Wildman–Crippen LogP) is 4.53. The van der Waals surface area contributed by atoms with Crippen LogP contribution in [0.4, 0.5) is 13.2 Å². The van der Waals surface area contributed by atoms with Crippen molar-refractivity contribution in [1.29, 1.82) is 0 Å². The van der Waals surface area contributed by atoms with E-state index in [1.165, 1.54) is 12.1 Å². The van der Waals surface area contributed by atoms with Crippen LogP contribution in [0.1, 0.15) is 41.3 Å². The Kier molecular flexibility index (Phi) is 3.70. The second kappa shape index (κ2) is 5.18. The summed E-state index contributed by atoms with van der Waals surface area (Å²) in [5.41, 5.74) is -1.74. The zero-order valence-corrected chi connectivity index (χ0v) is 12.7. The average Bonchev–Trinajstić information content (AvgIpc) is 2.73. The molecule has 1 N–H and O–H groups in total. The van der Waals surface area contributed by atoms with Gasteiger partial charge in [-0.05, 0) is 25.0 Å². The molecule has 0 aliphatic heterocycles. The molecule has 1 atom stereocenters. The number of alkyl halides is 3. The number of thiazole rings is 1. The molecule has 8 heteroatoms. The number of carbonyl (C=O) groups is 1. The first-order chi connectivity index (χ1) is 10.3. The SMILES string of the molecule is O=Cc1cc(C(O)C2(C(F)(F)F)CCC2)c2nc(Cl)sc2c1. The summed E-state index contributed by atoms with van der Waals surface area (Å²) in [7, 11) is 0. The number of rotatable bonds is 3. The van der Waals surface area contributed by atoms with Gasteiger partial charge in [0.2, 0.25) is 0 Å². The van der Waals surface area contributed by atoms with Gasteiger partial charge in [0, 0.05) is 11.1 Å². The van der Waals surface area contributed by atoms with E-state index in [1.807, 2.05) is 0 Å². The number of hydrogen-bond acceptors (Lipinski definition) is 4. The van der Waals surface area contributed by atoms with Gasteiger partial charge < -0.3 is 5.11 Å². The molecule has 0 radical (unpaired) electrons. The third-order valence-corrected chi connectivity index (χ3v) is 5.39. The van der Waals surface area contributed by atoms with Crippen LogP contribution in [-0.2, 0) is 0 Å². The summed E-state index contributed by atoms with van der Waals surface area (Å²) in [6.07, 6.45) is -5.62. The first-order valence-electron chi connectivity index (χ1n) is 6.58. The number of aliphatic hydroxyl groups is 1. The molecule has 3 rings (SSSR count). The van der Waals surface area contributed by atoms with Crippen molar-refractivity contribution in [1.82, 2.24) is 4.98 Å². The maximum atomic E-state index is 13.4. The summed E-state index contributed by atoms with van der Waals surface area (Å²) in [5, 5.41) is 10.4. The van der Waals surface area contributed by atoms with Crippen LogP contribution in [0.25, 0.3) is 10.2 Å². The molecule has 0 amide bonds. The van der Waals surface area contributed by atoms with E-state index in [4.69, 9.17) is 11.6 Å². The molecule has 118 valence electrons. The van der Waals surface area contributed by atoms with E-state index >= 15 is 0 Å². The third-order valence-electron chi connectivity index (χ3n) is 4.29. The van der Waals surface area contributed by atoms with Crippen LogP contribution in [-0.4, -0.2) is 22.6 Å². The van der Waals surface area contributed by atoms with Crippen LogP contribution < -0.4 is 0 Å². The highest BCUT2D eigenvalue weighted by molar-refractivity contribution is 7.22. The minimum absolute atomic E-state index is 0.0137. The largest absolute Gasteiger partial charge is 0.397 e. The molecule has 0 saturated heterocycles. The van der Waals surface area contributed by atoms with Crippen LogP contribution in [0.3, 0.4) is 0 Å². The summed E-state index contributed by atoms with van der Waals surface area (Å²) in [6, 6.07) is 2.77. The monoisotopic (exact) mass is 349 g/mol. The molecule has 2 aromatic rings. The molecule has 1 aromatic heterocycles. The van der Waals surface area contributed by atoms with Crippen LogP contribution in [0.5, 0.6) is 0 Å². The quantitative estimate of drug-likeness (QED) is 0.828. The predicted molar refractivity (Wildman–Crippen MR) is 77.3 cm³/mol. The molecular formula is C14H11ClF3NO2S. The van der Waals surface area contributed by atoms with E-state index in [0.29, 0.717) is 17.4 Å².